The fourth-order valence-electron chi connectivity index (χ4n) is 2.24. The number of para-hydroxylation sites is 1. The van der Waals surface area contributed by atoms with Crippen LogP contribution in [0.3, 0.4) is 0 Å². The maximum absolute atomic E-state index is 14.1. The average Bonchev–Trinajstić information content (AvgIpc) is 2.92. The maximum Gasteiger partial charge on any atom is 0.148 e. The Morgan fingerprint density at radius 1 is 1.24 bits per heavy atom. The summed E-state index contributed by atoms with van der Waals surface area (Å²) in [6.45, 7) is 0. The highest BCUT2D eigenvalue weighted by Crippen LogP contribution is 2.32. The van der Waals surface area contributed by atoms with E-state index in [9.17, 15) is 4.39 Å². The lowest BCUT2D eigenvalue weighted by molar-refractivity contribution is 0.410. The number of ether oxygens (including phenoxy) is 1. The predicted octanol–water partition coefficient (Wildman–Crippen LogP) is 4.39. The molecule has 0 radical (unpaired) electrons. The number of methoxy groups -OCH3 is 1. The van der Waals surface area contributed by atoms with Gasteiger partial charge in [0.05, 0.1) is 17.6 Å². The highest BCUT2D eigenvalue weighted by molar-refractivity contribution is 9.10. The highest BCUT2D eigenvalue weighted by Gasteiger charge is 2.19. The van der Waals surface area contributed by atoms with Crippen LogP contribution in [0, 0.1) is 5.82 Å². The molecule has 108 valence electrons. The molecule has 0 saturated heterocycles. The lowest BCUT2D eigenvalue weighted by Gasteiger charge is -2.11. The first-order valence-electron chi connectivity index (χ1n) is 6.37. The van der Waals surface area contributed by atoms with E-state index in [0.717, 1.165) is 9.86 Å². The zero-order valence-corrected chi connectivity index (χ0v) is 12.9. The third-order valence-electron chi connectivity index (χ3n) is 3.36. The van der Waals surface area contributed by atoms with Crippen molar-refractivity contribution in [1.29, 1.82) is 0 Å². The summed E-state index contributed by atoms with van der Waals surface area (Å²) in [6.07, 6.45) is 0. The Morgan fingerprint density at radius 2 is 2.05 bits per heavy atom. The molecule has 3 aromatic rings. The zero-order valence-electron chi connectivity index (χ0n) is 11.3. The third-order valence-corrected chi connectivity index (χ3v) is 3.99. The summed E-state index contributed by atoms with van der Waals surface area (Å²) in [5.74, 6) is 0.554. The molecule has 5 heteroatoms. The van der Waals surface area contributed by atoms with Crippen molar-refractivity contribution in [3.63, 3.8) is 0 Å². The molecular formula is C16H13BrFNO2. The molecule has 3 nitrogen and oxygen atoms in total. The van der Waals surface area contributed by atoms with Crippen molar-refractivity contribution in [3.8, 4) is 5.75 Å². The first-order chi connectivity index (χ1) is 10.1. The van der Waals surface area contributed by atoms with Gasteiger partial charge in [0, 0.05) is 17.0 Å². The van der Waals surface area contributed by atoms with Gasteiger partial charge in [0.15, 0.2) is 0 Å². The van der Waals surface area contributed by atoms with E-state index in [-0.39, 0.29) is 0 Å². The molecular weight excluding hydrogens is 337 g/mol. The summed E-state index contributed by atoms with van der Waals surface area (Å²) in [4.78, 5) is 0. The molecule has 0 aliphatic heterocycles. The second-order valence-corrected chi connectivity index (χ2v) is 5.53. The van der Waals surface area contributed by atoms with Gasteiger partial charge >= 0.3 is 0 Å². The molecule has 0 fully saturated rings. The quantitative estimate of drug-likeness (QED) is 0.762. The molecule has 3 rings (SSSR count). The van der Waals surface area contributed by atoms with Gasteiger partial charge in [0.2, 0.25) is 0 Å². The minimum absolute atomic E-state index is 0.367. The second-order valence-electron chi connectivity index (χ2n) is 4.67. The average molecular weight is 350 g/mol. The number of hydrogen-bond donors (Lipinski definition) is 1. The van der Waals surface area contributed by atoms with Crippen LogP contribution in [0.5, 0.6) is 5.75 Å². The molecule has 2 aromatic carbocycles. The SMILES string of the molecule is COc1ccc(C(N)c2cc3cccc(Br)c3o2)c(F)c1. The van der Waals surface area contributed by atoms with Gasteiger partial charge in [0.25, 0.3) is 0 Å². The van der Waals surface area contributed by atoms with Crippen LogP contribution < -0.4 is 10.5 Å². The van der Waals surface area contributed by atoms with Gasteiger partial charge in [-0.25, -0.2) is 4.39 Å². The van der Waals surface area contributed by atoms with Crippen LogP contribution in [0.15, 0.2) is 51.4 Å². The van der Waals surface area contributed by atoms with Crippen LogP contribution in [0.25, 0.3) is 11.0 Å². The number of nitrogens with two attached hydrogens (primary N) is 1. The number of halogens is 2. The lowest BCUT2D eigenvalue weighted by atomic mass is 10.0. The van der Waals surface area contributed by atoms with Crippen molar-refractivity contribution >= 4 is 26.9 Å². The van der Waals surface area contributed by atoms with Crippen LogP contribution in [-0.2, 0) is 0 Å². The standard InChI is InChI=1S/C16H13BrFNO2/c1-20-10-5-6-11(13(18)8-10)15(19)14-7-9-3-2-4-12(17)16(9)21-14/h2-8,15H,19H2,1H3. The van der Waals surface area contributed by atoms with E-state index in [1.165, 1.54) is 13.2 Å². The molecule has 0 bridgehead atoms. The molecule has 0 amide bonds. The van der Waals surface area contributed by atoms with Gasteiger partial charge in [0.1, 0.15) is 22.9 Å². The smallest absolute Gasteiger partial charge is 0.148 e. The van der Waals surface area contributed by atoms with Crippen molar-refractivity contribution in [1.82, 2.24) is 0 Å². The molecule has 1 unspecified atom stereocenters. The van der Waals surface area contributed by atoms with Gasteiger partial charge in [-0.3, -0.25) is 0 Å². The topological polar surface area (TPSA) is 48.4 Å². The number of rotatable bonds is 3. The summed E-state index contributed by atoms with van der Waals surface area (Å²) in [7, 11) is 1.49. The number of hydrogen-bond acceptors (Lipinski definition) is 3. The van der Waals surface area contributed by atoms with Crippen LogP contribution in [0.1, 0.15) is 17.4 Å². The Kier molecular flexibility index (Phi) is 3.69. The summed E-state index contributed by atoms with van der Waals surface area (Å²) in [5, 5.41) is 0.920. The minimum Gasteiger partial charge on any atom is -0.497 e. The van der Waals surface area contributed by atoms with Crippen molar-refractivity contribution in [2.45, 2.75) is 6.04 Å². The van der Waals surface area contributed by atoms with E-state index < -0.39 is 11.9 Å². The molecule has 0 saturated carbocycles. The number of fused-ring (bicyclic) bond motifs is 1. The Hall–Kier alpha value is -1.85. The van der Waals surface area contributed by atoms with Crippen LogP contribution in [0.4, 0.5) is 4.39 Å². The number of benzene rings is 2. The van der Waals surface area contributed by atoms with Crippen LogP contribution in [-0.4, -0.2) is 7.11 Å². The Labute approximate surface area is 129 Å². The van der Waals surface area contributed by atoms with Gasteiger partial charge in [-0.05, 0) is 34.1 Å². The predicted molar refractivity (Wildman–Crippen MR) is 82.9 cm³/mol. The van der Waals surface area contributed by atoms with Crippen molar-refractivity contribution in [2.24, 2.45) is 5.73 Å². The molecule has 1 heterocycles. The summed E-state index contributed by atoms with van der Waals surface area (Å²) in [5.41, 5.74) is 7.20. The fraction of sp³-hybridized carbons (Fsp3) is 0.125. The van der Waals surface area contributed by atoms with E-state index in [2.05, 4.69) is 15.9 Å². The first-order valence-corrected chi connectivity index (χ1v) is 7.16. The van der Waals surface area contributed by atoms with Gasteiger partial charge < -0.3 is 14.9 Å². The van der Waals surface area contributed by atoms with E-state index >= 15 is 0 Å². The Morgan fingerprint density at radius 3 is 2.71 bits per heavy atom. The zero-order chi connectivity index (χ0) is 15.0. The molecule has 1 atom stereocenters. The molecule has 2 N–H and O–H groups in total. The summed E-state index contributed by atoms with van der Waals surface area (Å²) < 4.78 is 25.7. The maximum atomic E-state index is 14.1. The van der Waals surface area contributed by atoms with Crippen LogP contribution in [0.2, 0.25) is 0 Å². The normalized spacial score (nSPS) is 12.6. The first kappa shape index (κ1) is 14.1. The monoisotopic (exact) mass is 349 g/mol. The second kappa shape index (κ2) is 5.50. The van der Waals surface area contributed by atoms with E-state index in [0.29, 0.717) is 22.7 Å². The molecule has 21 heavy (non-hydrogen) atoms. The molecule has 0 aliphatic rings. The summed E-state index contributed by atoms with van der Waals surface area (Å²) in [6, 6.07) is 11.5. The molecule has 0 aliphatic carbocycles. The number of furan rings is 1. The largest absolute Gasteiger partial charge is 0.497 e. The van der Waals surface area contributed by atoms with E-state index in [1.54, 1.807) is 12.1 Å². The molecule has 1 aromatic heterocycles. The van der Waals surface area contributed by atoms with Gasteiger partial charge in [-0.2, -0.15) is 0 Å². The van der Waals surface area contributed by atoms with Crippen molar-refractivity contribution < 1.29 is 13.5 Å². The van der Waals surface area contributed by atoms with E-state index in [1.807, 2.05) is 24.3 Å². The van der Waals surface area contributed by atoms with Gasteiger partial charge in [-0.1, -0.05) is 18.2 Å². The lowest BCUT2D eigenvalue weighted by Crippen LogP contribution is -2.12. The highest BCUT2D eigenvalue weighted by atomic mass is 79.9. The Balaban J connectivity index is 2.04. The van der Waals surface area contributed by atoms with Crippen LogP contribution >= 0.6 is 15.9 Å². The minimum atomic E-state index is -0.671. The molecule has 0 spiro atoms. The van der Waals surface area contributed by atoms with E-state index in [4.69, 9.17) is 14.9 Å². The van der Waals surface area contributed by atoms with Crippen molar-refractivity contribution in [2.75, 3.05) is 7.11 Å². The fourth-order valence-corrected chi connectivity index (χ4v) is 2.70. The van der Waals surface area contributed by atoms with Crippen molar-refractivity contribution in [3.05, 3.63) is 64.1 Å². The summed E-state index contributed by atoms with van der Waals surface area (Å²) >= 11 is 3.42. The Bertz CT molecular complexity index is 800. The van der Waals surface area contributed by atoms with Gasteiger partial charge in [-0.15, -0.1) is 0 Å². The third kappa shape index (κ3) is 2.54.